The lowest BCUT2D eigenvalue weighted by atomic mass is 10.1. The van der Waals surface area contributed by atoms with Crippen LogP contribution in [0.1, 0.15) is 41.0 Å². The van der Waals surface area contributed by atoms with Crippen molar-refractivity contribution in [3.8, 4) is 0 Å². The summed E-state index contributed by atoms with van der Waals surface area (Å²) in [5.41, 5.74) is -1.19. The summed E-state index contributed by atoms with van der Waals surface area (Å²) in [7, 11) is 0. The van der Waals surface area contributed by atoms with E-state index in [2.05, 4.69) is 10.6 Å². The van der Waals surface area contributed by atoms with Crippen molar-refractivity contribution in [3.05, 3.63) is 0 Å². The summed E-state index contributed by atoms with van der Waals surface area (Å²) in [6.45, 7) is 9.21. The molecular weight excluding hydrogens is 303 g/mol. The molecule has 2 amide bonds. The molecule has 0 aromatic rings. The van der Waals surface area contributed by atoms with Crippen LogP contribution in [0, 0.1) is 5.92 Å². The van der Waals surface area contributed by atoms with Crippen LogP contribution < -0.4 is 10.6 Å². The Hall–Kier alpha value is -0.680. The lowest BCUT2D eigenvalue weighted by Gasteiger charge is -2.28. The minimum atomic E-state index is -0.938. The number of carbonyl (C=O) groups is 2. The first-order valence-corrected chi connectivity index (χ1v) is 7.25. The van der Waals surface area contributed by atoms with Crippen molar-refractivity contribution in [1.29, 1.82) is 0 Å². The summed E-state index contributed by atoms with van der Waals surface area (Å²) in [4.78, 5) is 23.4. The number of rotatable bonds is 4. The highest BCUT2D eigenvalue weighted by Crippen LogP contribution is 2.53. The van der Waals surface area contributed by atoms with E-state index >= 15 is 0 Å². The van der Waals surface area contributed by atoms with E-state index in [1.807, 2.05) is 0 Å². The molecule has 0 spiro atoms. The molecule has 1 saturated carbocycles. The second-order valence-electron chi connectivity index (χ2n) is 6.75. The van der Waals surface area contributed by atoms with Crippen LogP contribution in [0.25, 0.3) is 0 Å². The smallest absolute Gasteiger partial charge is 0.408 e. The van der Waals surface area contributed by atoms with Gasteiger partial charge in [0, 0.05) is 6.54 Å². The van der Waals surface area contributed by atoms with E-state index < -0.39 is 21.6 Å². The Kier molecular flexibility index (Phi) is 4.87. The third-order valence-corrected chi connectivity index (χ3v) is 3.52. The quantitative estimate of drug-likeness (QED) is 0.781. The second kappa shape index (κ2) is 5.60. The third kappa shape index (κ3) is 5.75. The fraction of sp³-hybridized carbons (Fsp3) is 0.846. The molecule has 0 aliphatic heterocycles. The third-order valence-electron chi connectivity index (χ3n) is 2.69. The Morgan fingerprint density at radius 1 is 1.25 bits per heavy atom. The van der Waals surface area contributed by atoms with Gasteiger partial charge >= 0.3 is 6.09 Å². The maximum atomic E-state index is 11.8. The van der Waals surface area contributed by atoms with Gasteiger partial charge in [0.25, 0.3) is 0 Å². The van der Waals surface area contributed by atoms with Crippen LogP contribution in [0.3, 0.4) is 0 Å². The number of ether oxygens (including phenoxy) is 1. The van der Waals surface area contributed by atoms with E-state index in [0.29, 0.717) is 6.42 Å². The van der Waals surface area contributed by atoms with E-state index in [1.54, 1.807) is 34.6 Å². The van der Waals surface area contributed by atoms with Gasteiger partial charge in [-0.2, -0.15) is 0 Å². The average Bonchev–Trinajstić information content (AvgIpc) is 2.80. The highest BCUT2D eigenvalue weighted by atomic mass is 35.5. The Morgan fingerprint density at radius 2 is 1.75 bits per heavy atom. The highest BCUT2D eigenvalue weighted by Gasteiger charge is 2.56. The van der Waals surface area contributed by atoms with Crippen LogP contribution in [0.15, 0.2) is 0 Å². The molecule has 0 saturated heterocycles. The molecule has 0 aromatic heterocycles. The molecule has 2 N–H and O–H groups in total. The van der Waals surface area contributed by atoms with Gasteiger partial charge in [-0.05, 0) is 41.0 Å². The lowest BCUT2D eigenvalue weighted by molar-refractivity contribution is -0.122. The monoisotopic (exact) mass is 324 g/mol. The second-order valence-corrected chi connectivity index (χ2v) is 8.29. The molecule has 7 heteroatoms. The number of amides is 2. The predicted molar refractivity (Wildman–Crippen MR) is 79.0 cm³/mol. The largest absolute Gasteiger partial charge is 0.444 e. The molecule has 116 valence electrons. The molecule has 5 nitrogen and oxygen atoms in total. The normalized spacial score (nSPS) is 21.1. The summed E-state index contributed by atoms with van der Waals surface area (Å²) < 4.78 is 4.23. The zero-order chi connectivity index (χ0) is 15.8. The van der Waals surface area contributed by atoms with Gasteiger partial charge in [0.1, 0.15) is 9.93 Å². The number of alkyl halides is 2. The summed E-state index contributed by atoms with van der Waals surface area (Å²) in [6.07, 6.45) is -0.0609. The molecule has 1 fully saturated rings. The molecule has 1 atom stereocenters. The van der Waals surface area contributed by atoms with Gasteiger partial charge in [0.15, 0.2) is 0 Å². The number of carbonyl (C=O) groups excluding carboxylic acids is 2. The first kappa shape index (κ1) is 17.4. The van der Waals surface area contributed by atoms with E-state index in [9.17, 15) is 9.59 Å². The SMILES string of the molecule is CC(C)(CNC(=O)C1CC1(Cl)Cl)NC(=O)OC(C)(C)C. The fourth-order valence-corrected chi connectivity index (χ4v) is 2.06. The Balaban J connectivity index is 2.38. The first-order chi connectivity index (χ1) is 8.82. The van der Waals surface area contributed by atoms with Gasteiger partial charge in [-0.25, -0.2) is 4.79 Å². The van der Waals surface area contributed by atoms with E-state index in [0.717, 1.165) is 0 Å². The van der Waals surface area contributed by atoms with Gasteiger partial charge in [-0.3, -0.25) is 4.79 Å². The molecule has 20 heavy (non-hydrogen) atoms. The molecule has 1 rings (SSSR count). The van der Waals surface area contributed by atoms with Crippen LogP contribution in [0.2, 0.25) is 0 Å². The predicted octanol–water partition coefficient (Wildman–Crippen LogP) is 2.60. The summed E-state index contributed by atoms with van der Waals surface area (Å²) in [5, 5.41) is 5.44. The zero-order valence-corrected chi connectivity index (χ0v) is 14.0. The van der Waals surface area contributed by atoms with Gasteiger partial charge in [-0.1, -0.05) is 0 Å². The van der Waals surface area contributed by atoms with Gasteiger partial charge in [0.05, 0.1) is 11.5 Å². The maximum absolute atomic E-state index is 11.8. The van der Waals surface area contributed by atoms with Crippen LogP contribution in [0.5, 0.6) is 0 Å². The topological polar surface area (TPSA) is 67.4 Å². The Bertz CT molecular complexity index is 403. The van der Waals surface area contributed by atoms with E-state index in [-0.39, 0.29) is 18.4 Å². The van der Waals surface area contributed by atoms with Crippen LogP contribution >= 0.6 is 23.2 Å². The standard InChI is InChI=1S/C13H22Cl2N2O3/c1-11(2,3)20-10(19)17-12(4,5)7-16-9(18)8-6-13(8,14)15/h8H,6-7H2,1-5H3,(H,16,18)(H,17,19). The molecule has 1 aliphatic carbocycles. The highest BCUT2D eigenvalue weighted by molar-refractivity contribution is 6.52. The van der Waals surface area contributed by atoms with Crippen molar-refractivity contribution < 1.29 is 14.3 Å². The Labute approximate surface area is 129 Å². The van der Waals surface area contributed by atoms with Gasteiger partial charge < -0.3 is 15.4 Å². The van der Waals surface area contributed by atoms with Crippen molar-refractivity contribution in [3.63, 3.8) is 0 Å². The van der Waals surface area contributed by atoms with E-state index in [4.69, 9.17) is 27.9 Å². The molecule has 0 radical (unpaired) electrons. The molecule has 1 aliphatic rings. The first-order valence-electron chi connectivity index (χ1n) is 6.49. The van der Waals surface area contributed by atoms with Crippen molar-refractivity contribution in [2.75, 3.05) is 6.54 Å². The molecule has 1 unspecified atom stereocenters. The number of alkyl carbamates (subject to hydrolysis) is 1. The number of nitrogens with one attached hydrogen (secondary N) is 2. The van der Waals surface area contributed by atoms with E-state index in [1.165, 1.54) is 0 Å². The minimum absolute atomic E-state index is 0.200. The molecule has 0 bridgehead atoms. The number of halogens is 2. The van der Waals surface area contributed by atoms with Gasteiger partial charge in [0.2, 0.25) is 5.91 Å². The van der Waals surface area contributed by atoms with Crippen molar-refractivity contribution >= 4 is 35.2 Å². The van der Waals surface area contributed by atoms with Crippen LogP contribution in [-0.2, 0) is 9.53 Å². The average molecular weight is 325 g/mol. The summed E-state index contributed by atoms with van der Waals surface area (Å²) >= 11 is 11.6. The fourth-order valence-electron chi connectivity index (χ4n) is 1.55. The van der Waals surface area contributed by atoms with Crippen molar-refractivity contribution in [2.24, 2.45) is 5.92 Å². The Morgan fingerprint density at radius 3 is 2.15 bits per heavy atom. The lowest BCUT2D eigenvalue weighted by Crippen LogP contribution is -2.52. The van der Waals surface area contributed by atoms with Crippen molar-refractivity contribution in [2.45, 2.75) is 56.5 Å². The minimum Gasteiger partial charge on any atom is -0.444 e. The van der Waals surface area contributed by atoms with Crippen molar-refractivity contribution in [1.82, 2.24) is 10.6 Å². The molecular formula is C13H22Cl2N2O3. The molecule has 0 heterocycles. The maximum Gasteiger partial charge on any atom is 0.408 e. The number of hydrogen-bond acceptors (Lipinski definition) is 3. The van der Waals surface area contributed by atoms with Crippen LogP contribution in [-0.4, -0.2) is 34.0 Å². The summed E-state index contributed by atoms with van der Waals surface area (Å²) in [5.74, 6) is -0.572. The molecule has 0 aromatic carbocycles. The zero-order valence-electron chi connectivity index (χ0n) is 12.5. The summed E-state index contributed by atoms with van der Waals surface area (Å²) in [6, 6.07) is 0. The van der Waals surface area contributed by atoms with Gasteiger partial charge in [-0.15, -0.1) is 23.2 Å². The van der Waals surface area contributed by atoms with Crippen LogP contribution in [0.4, 0.5) is 4.79 Å². The number of hydrogen-bond donors (Lipinski definition) is 2.